The molecular weight excluding hydrogens is 334 g/mol. The van der Waals surface area contributed by atoms with Crippen molar-refractivity contribution in [3.8, 4) is 0 Å². The quantitative estimate of drug-likeness (QED) is 0.385. The van der Waals surface area contributed by atoms with Gasteiger partial charge in [0.05, 0.1) is 12.5 Å². The number of likely N-dealkylation sites (tertiary alicyclic amines) is 1. The molecule has 1 fully saturated rings. The molecule has 0 saturated carbocycles. The zero-order valence-corrected chi connectivity index (χ0v) is 15.6. The molecule has 0 aliphatic carbocycles. The van der Waals surface area contributed by atoms with E-state index in [4.69, 9.17) is 15.3 Å². The van der Waals surface area contributed by atoms with Crippen LogP contribution in [0.25, 0.3) is 0 Å². The van der Waals surface area contributed by atoms with Crippen molar-refractivity contribution < 1.29 is 19.2 Å². The van der Waals surface area contributed by atoms with Gasteiger partial charge in [0, 0.05) is 6.54 Å². The monoisotopic (exact) mass is 361 g/mol. The summed E-state index contributed by atoms with van der Waals surface area (Å²) in [6.45, 7) is 5.97. The highest BCUT2D eigenvalue weighted by Crippen LogP contribution is 2.20. The van der Waals surface area contributed by atoms with Crippen molar-refractivity contribution in [3.05, 3.63) is 35.9 Å². The number of hydrogen-bond donors (Lipinski definition) is 1. The first-order valence-corrected chi connectivity index (χ1v) is 8.83. The average Bonchev–Trinajstić information content (AvgIpc) is 2.59. The van der Waals surface area contributed by atoms with Crippen molar-refractivity contribution in [1.82, 2.24) is 4.90 Å². The van der Waals surface area contributed by atoms with Gasteiger partial charge in [0.2, 0.25) is 0 Å². The van der Waals surface area contributed by atoms with Gasteiger partial charge in [-0.2, -0.15) is 0 Å². The number of amides is 1. The second-order valence-corrected chi connectivity index (χ2v) is 7.33. The van der Waals surface area contributed by atoms with E-state index in [0.29, 0.717) is 13.0 Å². The van der Waals surface area contributed by atoms with E-state index in [1.807, 2.05) is 51.1 Å². The Hall–Kier alpha value is -2.57. The van der Waals surface area contributed by atoms with Gasteiger partial charge in [-0.15, -0.1) is 0 Å². The molecule has 1 aliphatic rings. The Balaban J connectivity index is 1.98. The van der Waals surface area contributed by atoms with Crippen LogP contribution < -0.4 is 5.73 Å². The lowest BCUT2D eigenvalue weighted by molar-refractivity contribution is -0.142. The Kier molecular flexibility index (Phi) is 6.60. The number of hydrogen-bond acceptors (Lipinski definition) is 5. The van der Waals surface area contributed by atoms with Crippen LogP contribution in [0.1, 0.15) is 45.6 Å². The first-order valence-electron chi connectivity index (χ1n) is 8.83. The Bertz CT molecular complexity index is 652. The number of piperidine rings is 1. The number of ether oxygens (including phenoxy) is 1. The molecule has 0 bridgehead atoms. The zero-order valence-electron chi connectivity index (χ0n) is 15.6. The highest BCUT2D eigenvalue weighted by atomic mass is 16.7. The second kappa shape index (κ2) is 8.69. The van der Waals surface area contributed by atoms with E-state index in [-0.39, 0.29) is 12.3 Å². The van der Waals surface area contributed by atoms with Gasteiger partial charge in [-0.25, -0.2) is 9.59 Å². The number of benzene rings is 1. The fourth-order valence-corrected chi connectivity index (χ4v) is 2.74. The molecule has 2 N–H and O–H groups in total. The summed E-state index contributed by atoms with van der Waals surface area (Å²) in [5, 5.41) is 3.77. The summed E-state index contributed by atoms with van der Waals surface area (Å²) >= 11 is 0. The van der Waals surface area contributed by atoms with Crippen molar-refractivity contribution in [3.63, 3.8) is 0 Å². The van der Waals surface area contributed by atoms with Gasteiger partial charge in [-0.05, 0) is 45.6 Å². The molecule has 0 spiro atoms. The number of amidine groups is 1. The standard InChI is InChI=1S/C19H27N3O4/c1-19(2,3)25-18(24)22-12-8-7-11-15(22)17(20)21-26-16(23)13-14-9-5-4-6-10-14/h4-6,9-10,15H,7-8,11-13H2,1-3H3,(H2,20,21)/t15-/m0/s1. The molecule has 1 atom stereocenters. The molecule has 0 aromatic heterocycles. The summed E-state index contributed by atoms with van der Waals surface area (Å²) in [6.07, 6.45) is 2.12. The van der Waals surface area contributed by atoms with Crippen molar-refractivity contribution in [2.75, 3.05) is 6.54 Å². The van der Waals surface area contributed by atoms with Gasteiger partial charge in [-0.1, -0.05) is 35.5 Å². The SMILES string of the molecule is CC(C)(C)OC(=O)N1CCCC[C@H]1/C(N)=N\OC(=O)Cc1ccccc1. The van der Waals surface area contributed by atoms with Crippen molar-refractivity contribution in [1.29, 1.82) is 0 Å². The Morgan fingerprint density at radius 1 is 1.23 bits per heavy atom. The molecule has 1 aromatic carbocycles. The molecule has 0 radical (unpaired) electrons. The largest absolute Gasteiger partial charge is 0.444 e. The predicted molar refractivity (Wildman–Crippen MR) is 98.4 cm³/mol. The number of carbonyl (C=O) groups is 2. The molecule has 26 heavy (non-hydrogen) atoms. The molecule has 142 valence electrons. The van der Waals surface area contributed by atoms with Gasteiger partial charge >= 0.3 is 12.1 Å². The smallest absolute Gasteiger partial charge is 0.410 e. The molecule has 1 heterocycles. The molecule has 2 rings (SSSR count). The number of nitrogens with zero attached hydrogens (tertiary/aromatic N) is 2. The topological polar surface area (TPSA) is 94.2 Å². The number of carbonyl (C=O) groups excluding carboxylic acids is 2. The van der Waals surface area contributed by atoms with E-state index in [1.54, 1.807) is 4.90 Å². The van der Waals surface area contributed by atoms with Crippen LogP contribution in [-0.4, -0.2) is 41.0 Å². The zero-order chi connectivity index (χ0) is 19.2. The van der Waals surface area contributed by atoms with E-state index >= 15 is 0 Å². The van der Waals surface area contributed by atoms with E-state index in [9.17, 15) is 9.59 Å². The van der Waals surface area contributed by atoms with Crippen molar-refractivity contribution >= 4 is 17.9 Å². The van der Waals surface area contributed by atoms with Gasteiger partial charge in [0.25, 0.3) is 0 Å². The van der Waals surface area contributed by atoms with Crippen molar-refractivity contribution in [2.45, 2.75) is 58.1 Å². The summed E-state index contributed by atoms with van der Waals surface area (Å²) in [6, 6.07) is 8.81. The lowest BCUT2D eigenvalue weighted by Crippen LogP contribution is -2.52. The normalized spacial score (nSPS) is 18.3. The second-order valence-electron chi connectivity index (χ2n) is 7.33. The van der Waals surface area contributed by atoms with Crippen LogP contribution in [0.3, 0.4) is 0 Å². The average molecular weight is 361 g/mol. The summed E-state index contributed by atoms with van der Waals surface area (Å²) < 4.78 is 5.43. The molecule has 7 heteroatoms. The molecule has 1 amide bonds. The first kappa shape index (κ1) is 19.8. The molecule has 0 unspecified atom stereocenters. The number of rotatable bonds is 4. The fourth-order valence-electron chi connectivity index (χ4n) is 2.74. The van der Waals surface area contributed by atoms with E-state index in [1.165, 1.54) is 0 Å². The Morgan fingerprint density at radius 2 is 1.92 bits per heavy atom. The molecule has 1 saturated heterocycles. The molecule has 1 aromatic rings. The summed E-state index contributed by atoms with van der Waals surface area (Å²) in [7, 11) is 0. The van der Waals surface area contributed by atoms with Gasteiger partial charge in [0.1, 0.15) is 5.60 Å². The van der Waals surface area contributed by atoms with Crippen LogP contribution in [0.15, 0.2) is 35.5 Å². The highest BCUT2D eigenvalue weighted by molar-refractivity contribution is 5.89. The molecule has 1 aliphatic heterocycles. The molecule has 7 nitrogen and oxygen atoms in total. The van der Waals surface area contributed by atoms with Gasteiger partial charge in [0.15, 0.2) is 5.84 Å². The van der Waals surface area contributed by atoms with Crippen LogP contribution in [0.5, 0.6) is 0 Å². The maximum absolute atomic E-state index is 12.4. The van der Waals surface area contributed by atoms with Crippen molar-refractivity contribution in [2.24, 2.45) is 10.9 Å². The van der Waals surface area contributed by atoms with Gasteiger partial charge < -0.3 is 15.3 Å². The minimum absolute atomic E-state index is 0.108. The third-order valence-corrected chi connectivity index (χ3v) is 3.92. The maximum atomic E-state index is 12.4. The van der Waals surface area contributed by atoms with Crippen LogP contribution in [0, 0.1) is 0 Å². The van der Waals surface area contributed by atoms with E-state index in [2.05, 4.69) is 5.16 Å². The maximum Gasteiger partial charge on any atom is 0.410 e. The van der Waals surface area contributed by atoms with Crippen LogP contribution in [0.2, 0.25) is 0 Å². The number of nitrogens with two attached hydrogens (primary N) is 1. The van der Waals surface area contributed by atoms with Gasteiger partial charge in [-0.3, -0.25) is 4.90 Å². The Labute approximate surface area is 154 Å². The first-order chi connectivity index (χ1) is 12.3. The fraction of sp³-hybridized carbons (Fsp3) is 0.526. The molecular formula is C19H27N3O4. The summed E-state index contributed by atoms with van der Waals surface area (Å²) in [5.74, 6) is -0.393. The number of oxime groups is 1. The summed E-state index contributed by atoms with van der Waals surface area (Å²) in [5.41, 5.74) is 6.25. The Morgan fingerprint density at radius 3 is 2.58 bits per heavy atom. The lowest BCUT2D eigenvalue weighted by atomic mass is 10.0. The van der Waals surface area contributed by atoms with Crippen LogP contribution in [0.4, 0.5) is 4.79 Å². The lowest BCUT2D eigenvalue weighted by Gasteiger charge is -2.35. The third-order valence-electron chi connectivity index (χ3n) is 3.92. The van der Waals surface area contributed by atoms with Crippen LogP contribution in [-0.2, 0) is 20.8 Å². The minimum Gasteiger partial charge on any atom is -0.444 e. The third kappa shape index (κ3) is 6.06. The minimum atomic E-state index is -0.590. The van der Waals surface area contributed by atoms with E-state index in [0.717, 1.165) is 18.4 Å². The van der Waals surface area contributed by atoms with Crippen LogP contribution >= 0.6 is 0 Å². The summed E-state index contributed by atoms with van der Waals surface area (Å²) in [4.78, 5) is 30.8. The predicted octanol–water partition coefficient (Wildman–Crippen LogP) is 2.83. The van der Waals surface area contributed by atoms with E-state index < -0.39 is 23.7 Å². The highest BCUT2D eigenvalue weighted by Gasteiger charge is 2.33.